The molecule has 0 aliphatic heterocycles. The molecule has 1 aromatic carbocycles. The topological polar surface area (TPSA) is 93.0 Å². The van der Waals surface area contributed by atoms with Gasteiger partial charge in [0.1, 0.15) is 11.6 Å². The first-order chi connectivity index (χ1) is 8.17. The molecule has 1 heterocycles. The van der Waals surface area contributed by atoms with Crippen LogP contribution in [0.1, 0.15) is 0 Å². The van der Waals surface area contributed by atoms with E-state index < -0.39 is 0 Å². The largest absolute Gasteiger partial charge is 0.497 e. The minimum Gasteiger partial charge on any atom is -0.497 e. The minimum absolute atomic E-state index is 0.0773. The van der Waals surface area contributed by atoms with Crippen molar-refractivity contribution < 1.29 is 4.74 Å². The van der Waals surface area contributed by atoms with Gasteiger partial charge < -0.3 is 15.8 Å². The van der Waals surface area contributed by atoms with Crippen molar-refractivity contribution in [3.63, 3.8) is 0 Å². The van der Waals surface area contributed by atoms with Gasteiger partial charge in [-0.2, -0.15) is 4.98 Å². The summed E-state index contributed by atoms with van der Waals surface area (Å²) in [6.45, 7) is 0. The van der Waals surface area contributed by atoms with Gasteiger partial charge in [0, 0.05) is 11.8 Å². The second-order valence-electron chi connectivity index (χ2n) is 3.37. The van der Waals surface area contributed by atoms with Gasteiger partial charge in [0.05, 0.1) is 7.11 Å². The Morgan fingerprint density at radius 3 is 2.65 bits per heavy atom. The Morgan fingerprint density at radius 1 is 1.35 bits per heavy atom. The van der Waals surface area contributed by atoms with Crippen molar-refractivity contribution in [2.45, 2.75) is 0 Å². The van der Waals surface area contributed by atoms with Crippen molar-refractivity contribution in [1.29, 1.82) is 0 Å². The van der Waals surface area contributed by atoms with Crippen LogP contribution in [0.5, 0.6) is 5.75 Å². The first-order valence-electron chi connectivity index (χ1n) is 4.95. The number of ether oxygens (including phenoxy) is 1. The Balaban J connectivity index is 2.22. The Bertz CT molecular complexity index is 562. The first kappa shape index (κ1) is 11.0. The predicted octanol–water partition coefficient (Wildman–Crippen LogP) is 1.10. The van der Waals surface area contributed by atoms with E-state index in [-0.39, 0.29) is 11.5 Å². The van der Waals surface area contributed by atoms with Gasteiger partial charge in [-0.05, 0) is 24.3 Å². The highest BCUT2D eigenvalue weighted by molar-refractivity contribution is 5.57. The van der Waals surface area contributed by atoms with E-state index in [1.165, 1.54) is 6.07 Å². The summed E-state index contributed by atoms with van der Waals surface area (Å²) in [5, 5.41) is 2.97. The molecule has 2 aromatic rings. The van der Waals surface area contributed by atoms with Crippen molar-refractivity contribution in [3.05, 3.63) is 40.7 Å². The molecule has 0 saturated heterocycles. The van der Waals surface area contributed by atoms with Crippen molar-refractivity contribution in [1.82, 2.24) is 9.97 Å². The highest BCUT2D eigenvalue weighted by Gasteiger charge is 1.99. The number of aromatic amines is 1. The maximum Gasteiger partial charge on any atom is 0.254 e. The summed E-state index contributed by atoms with van der Waals surface area (Å²) in [5.41, 5.74) is 5.93. The van der Waals surface area contributed by atoms with Crippen LogP contribution in [0.25, 0.3) is 0 Å². The van der Waals surface area contributed by atoms with Crippen LogP contribution >= 0.6 is 0 Å². The summed E-state index contributed by atoms with van der Waals surface area (Å²) in [6, 6.07) is 8.58. The molecule has 4 N–H and O–H groups in total. The van der Waals surface area contributed by atoms with Crippen LogP contribution in [0.2, 0.25) is 0 Å². The molecule has 0 amide bonds. The Hall–Kier alpha value is -2.50. The lowest BCUT2D eigenvalue weighted by Gasteiger charge is -2.06. The van der Waals surface area contributed by atoms with E-state index in [1.807, 2.05) is 12.1 Å². The minimum atomic E-state index is -0.298. The molecule has 0 bridgehead atoms. The smallest absolute Gasteiger partial charge is 0.254 e. The quantitative estimate of drug-likeness (QED) is 0.737. The standard InChI is InChI=1S/C11H12N4O2/c1-17-8-4-2-7(3-5-8)13-9-6-10(16)15-11(12)14-9/h2-6H,1H3,(H4,12,13,14,15,16). The lowest BCUT2D eigenvalue weighted by molar-refractivity contribution is 0.415. The lowest BCUT2D eigenvalue weighted by atomic mass is 10.3. The van der Waals surface area contributed by atoms with Gasteiger partial charge in [-0.1, -0.05) is 0 Å². The fraction of sp³-hybridized carbons (Fsp3) is 0.0909. The number of nitrogens with two attached hydrogens (primary N) is 1. The van der Waals surface area contributed by atoms with Gasteiger partial charge in [0.2, 0.25) is 5.95 Å². The first-order valence-corrected chi connectivity index (χ1v) is 4.95. The molecule has 0 atom stereocenters. The number of nitrogen functional groups attached to an aromatic ring is 1. The molecular formula is C11H12N4O2. The summed E-state index contributed by atoms with van der Waals surface area (Å²) < 4.78 is 5.04. The van der Waals surface area contributed by atoms with Crippen molar-refractivity contribution >= 4 is 17.5 Å². The summed E-state index contributed by atoms with van der Waals surface area (Å²) in [4.78, 5) is 17.5. The number of H-pyrrole nitrogens is 1. The van der Waals surface area contributed by atoms with Crippen LogP contribution in [0, 0.1) is 0 Å². The second kappa shape index (κ2) is 4.56. The highest BCUT2D eigenvalue weighted by atomic mass is 16.5. The third-order valence-corrected chi connectivity index (χ3v) is 2.12. The van der Waals surface area contributed by atoms with Crippen molar-refractivity contribution in [3.8, 4) is 5.75 Å². The third kappa shape index (κ3) is 2.75. The summed E-state index contributed by atoms with van der Waals surface area (Å²) >= 11 is 0. The van der Waals surface area contributed by atoms with Gasteiger partial charge in [-0.3, -0.25) is 9.78 Å². The molecule has 0 unspecified atom stereocenters. The predicted molar refractivity (Wildman–Crippen MR) is 65.5 cm³/mol. The number of nitrogens with zero attached hydrogens (tertiary/aromatic N) is 1. The average molecular weight is 232 g/mol. The van der Waals surface area contributed by atoms with Crippen LogP contribution in [-0.2, 0) is 0 Å². The molecule has 6 nitrogen and oxygen atoms in total. The molecule has 0 saturated carbocycles. The molecule has 0 radical (unpaired) electrons. The lowest BCUT2D eigenvalue weighted by Crippen LogP contribution is -2.11. The fourth-order valence-corrected chi connectivity index (χ4v) is 1.36. The summed E-state index contributed by atoms with van der Waals surface area (Å²) in [7, 11) is 1.60. The molecule has 17 heavy (non-hydrogen) atoms. The SMILES string of the molecule is COc1ccc(Nc2cc(=O)[nH]c(N)n2)cc1. The van der Waals surface area contributed by atoms with Crippen LogP contribution in [0.15, 0.2) is 35.1 Å². The van der Waals surface area contributed by atoms with Gasteiger partial charge >= 0.3 is 0 Å². The third-order valence-electron chi connectivity index (χ3n) is 2.12. The van der Waals surface area contributed by atoms with Crippen LogP contribution < -0.4 is 21.3 Å². The molecule has 0 aliphatic carbocycles. The van der Waals surface area contributed by atoms with E-state index in [1.54, 1.807) is 19.2 Å². The number of hydrogen-bond acceptors (Lipinski definition) is 5. The molecule has 88 valence electrons. The van der Waals surface area contributed by atoms with E-state index in [0.717, 1.165) is 11.4 Å². The van der Waals surface area contributed by atoms with Crippen molar-refractivity contribution in [2.24, 2.45) is 0 Å². The molecule has 0 spiro atoms. The van der Waals surface area contributed by atoms with Crippen molar-refractivity contribution in [2.75, 3.05) is 18.2 Å². The van der Waals surface area contributed by atoms with Gasteiger partial charge in [0.15, 0.2) is 0 Å². The average Bonchev–Trinajstić information content (AvgIpc) is 2.28. The maximum absolute atomic E-state index is 11.2. The molecule has 0 fully saturated rings. The van der Waals surface area contributed by atoms with E-state index >= 15 is 0 Å². The highest BCUT2D eigenvalue weighted by Crippen LogP contribution is 2.17. The zero-order valence-corrected chi connectivity index (χ0v) is 9.23. The molecule has 6 heteroatoms. The van der Waals surface area contributed by atoms with Gasteiger partial charge in [0.25, 0.3) is 5.56 Å². The molecule has 1 aromatic heterocycles. The number of anilines is 3. The van der Waals surface area contributed by atoms with Crippen LogP contribution in [-0.4, -0.2) is 17.1 Å². The fourth-order valence-electron chi connectivity index (χ4n) is 1.36. The number of rotatable bonds is 3. The van der Waals surface area contributed by atoms with Crippen LogP contribution in [0.3, 0.4) is 0 Å². The van der Waals surface area contributed by atoms with Gasteiger partial charge in [-0.15, -0.1) is 0 Å². The van der Waals surface area contributed by atoms with E-state index in [4.69, 9.17) is 10.5 Å². The number of benzene rings is 1. The summed E-state index contributed by atoms with van der Waals surface area (Å²) in [5.74, 6) is 1.24. The number of aromatic nitrogens is 2. The zero-order chi connectivity index (χ0) is 12.3. The van der Waals surface area contributed by atoms with E-state index in [0.29, 0.717) is 5.82 Å². The normalized spacial score (nSPS) is 9.94. The monoisotopic (exact) mass is 232 g/mol. The van der Waals surface area contributed by atoms with Crippen LogP contribution in [0.4, 0.5) is 17.5 Å². The Kier molecular flexibility index (Phi) is 2.95. The number of methoxy groups -OCH3 is 1. The zero-order valence-electron chi connectivity index (χ0n) is 9.23. The number of hydrogen-bond donors (Lipinski definition) is 3. The number of nitrogens with one attached hydrogen (secondary N) is 2. The second-order valence-corrected chi connectivity index (χ2v) is 3.37. The van der Waals surface area contributed by atoms with E-state index in [9.17, 15) is 4.79 Å². The molecular weight excluding hydrogens is 220 g/mol. The van der Waals surface area contributed by atoms with E-state index in [2.05, 4.69) is 15.3 Å². The summed E-state index contributed by atoms with van der Waals surface area (Å²) in [6.07, 6.45) is 0. The Labute approximate surface area is 97.5 Å². The maximum atomic E-state index is 11.2. The van der Waals surface area contributed by atoms with Gasteiger partial charge in [-0.25, -0.2) is 0 Å². The molecule has 0 aliphatic rings. The Morgan fingerprint density at radius 2 is 2.06 bits per heavy atom. The molecule has 2 rings (SSSR count).